The molecule has 1 aliphatic rings. The molecule has 1 aromatic rings. The summed E-state index contributed by atoms with van der Waals surface area (Å²) < 4.78 is 26.9. The van der Waals surface area contributed by atoms with Crippen LogP contribution < -0.4 is 0 Å². The maximum atomic E-state index is 12.7. The highest BCUT2D eigenvalue weighted by Crippen LogP contribution is 2.20. The summed E-state index contributed by atoms with van der Waals surface area (Å²) in [7, 11) is -3.56. The molecule has 7 nitrogen and oxygen atoms in total. The molecule has 0 atom stereocenters. The van der Waals surface area contributed by atoms with Gasteiger partial charge in [0.25, 0.3) is 0 Å². The van der Waals surface area contributed by atoms with Crippen LogP contribution in [-0.2, 0) is 19.6 Å². The highest BCUT2D eigenvalue weighted by Gasteiger charge is 2.30. The fourth-order valence-electron chi connectivity index (χ4n) is 2.75. The van der Waals surface area contributed by atoms with E-state index in [1.54, 1.807) is 23.1 Å². The first-order valence-corrected chi connectivity index (χ1v) is 9.73. The average molecular weight is 368 g/mol. The second-order valence-electron chi connectivity index (χ2n) is 6.28. The molecule has 1 fully saturated rings. The number of carboxylic acids is 1. The lowest BCUT2D eigenvalue weighted by atomic mass is 10.1. The predicted molar refractivity (Wildman–Crippen MR) is 92.7 cm³/mol. The Morgan fingerprint density at radius 2 is 1.68 bits per heavy atom. The molecule has 25 heavy (non-hydrogen) atoms. The van der Waals surface area contributed by atoms with Crippen LogP contribution in [0.25, 0.3) is 0 Å². The molecule has 0 spiro atoms. The summed E-state index contributed by atoms with van der Waals surface area (Å²) in [5.41, 5.74) is 1.96. The third-order valence-corrected chi connectivity index (χ3v) is 6.38. The first kappa shape index (κ1) is 19.4. The summed E-state index contributed by atoms with van der Waals surface area (Å²) in [6, 6.07) is 5.08. The Morgan fingerprint density at radius 3 is 2.24 bits per heavy atom. The Morgan fingerprint density at radius 1 is 1.04 bits per heavy atom. The summed E-state index contributed by atoms with van der Waals surface area (Å²) >= 11 is 0. The SMILES string of the molecule is Cc1ccc(S(=O)(=O)N2CCN(C(=O)CCCC(=O)O)CC2)cc1C. The van der Waals surface area contributed by atoms with Gasteiger partial charge < -0.3 is 10.0 Å². The van der Waals surface area contributed by atoms with Gasteiger partial charge in [0.1, 0.15) is 0 Å². The van der Waals surface area contributed by atoms with Gasteiger partial charge in [0.2, 0.25) is 15.9 Å². The van der Waals surface area contributed by atoms with Crippen LogP contribution >= 0.6 is 0 Å². The summed E-state index contributed by atoms with van der Waals surface area (Å²) in [5.74, 6) is -1.04. The van der Waals surface area contributed by atoms with Gasteiger partial charge in [-0.3, -0.25) is 9.59 Å². The maximum Gasteiger partial charge on any atom is 0.303 e. The van der Waals surface area contributed by atoms with Crippen LogP contribution in [-0.4, -0.2) is 60.8 Å². The largest absolute Gasteiger partial charge is 0.481 e. The molecule has 138 valence electrons. The third-order valence-electron chi connectivity index (χ3n) is 4.49. The van der Waals surface area contributed by atoms with Gasteiger partial charge in [-0.05, 0) is 43.5 Å². The van der Waals surface area contributed by atoms with E-state index in [1.165, 1.54) is 4.31 Å². The van der Waals surface area contributed by atoms with Crippen molar-refractivity contribution in [2.45, 2.75) is 38.0 Å². The minimum Gasteiger partial charge on any atom is -0.481 e. The van der Waals surface area contributed by atoms with Crippen molar-refractivity contribution < 1.29 is 23.1 Å². The average Bonchev–Trinajstić information content (AvgIpc) is 2.57. The first-order valence-electron chi connectivity index (χ1n) is 8.29. The molecule has 1 heterocycles. The fourth-order valence-corrected chi connectivity index (χ4v) is 4.26. The monoisotopic (exact) mass is 368 g/mol. The number of carboxylic acid groups (broad SMARTS) is 1. The summed E-state index contributed by atoms with van der Waals surface area (Å²) in [4.78, 5) is 24.4. The minimum atomic E-state index is -3.56. The van der Waals surface area contributed by atoms with Gasteiger partial charge in [-0.15, -0.1) is 0 Å². The Kier molecular flexibility index (Phi) is 6.18. The van der Waals surface area contributed by atoms with Crippen molar-refractivity contribution in [1.29, 1.82) is 0 Å². The van der Waals surface area contributed by atoms with Crippen LogP contribution in [0.4, 0.5) is 0 Å². The van der Waals surface area contributed by atoms with E-state index in [0.717, 1.165) is 11.1 Å². The second kappa shape index (κ2) is 7.97. The Balaban J connectivity index is 1.95. The summed E-state index contributed by atoms with van der Waals surface area (Å²) in [6.07, 6.45) is 0.443. The van der Waals surface area contributed by atoms with Crippen LogP contribution in [0.1, 0.15) is 30.4 Å². The van der Waals surface area contributed by atoms with Crippen molar-refractivity contribution in [3.8, 4) is 0 Å². The number of carbonyl (C=O) groups is 2. The van der Waals surface area contributed by atoms with Crippen LogP contribution in [0, 0.1) is 13.8 Å². The van der Waals surface area contributed by atoms with E-state index in [-0.39, 0.29) is 36.7 Å². The maximum absolute atomic E-state index is 12.7. The lowest BCUT2D eigenvalue weighted by Gasteiger charge is -2.34. The van der Waals surface area contributed by atoms with Crippen molar-refractivity contribution in [3.63, 3.8) is 0 Å². The third kappa shape index (κ3) is 4.79. The topological polar surface area (TPSA) is 95.0 Å². The van der Waals surface area contributed by atoms with E-state index in [2.05, 4.69) is 0 Å². The van der Waals surface area contributed by atoms with E-state index in [9.17, 15) is 18.0 Å². The fraction of sp³-hybridized carbons (Fsp3) is 0.529. The summed E-state index contributed by atoms with van der Waals surface area (Å²) in [5, 5.41) is 8.61. The number of nitrogens with zero attached hydrogens (tertiary/aromatic N) is 2. The van der Waals surface area contributed by atoms with Gasteiger partial charge in [-0.1, -0.05) is 6.07 Å². The number of aryl methyl sites for hydroxylation is 2. The van der Waals surface area contributed by atoms with E-state index >= 15 is 0 Å². The van der Waals surface area contributed by atoms with Crippen LogP contribution in [0.15, 0.2) is 23.1 Å². The highest BCUT2D eigenvalue weighted by molar-refractivity contribution is 7.89. The predicted octanol–water partition coefficient (Wildman–Crippen LogP) is 1.39. The molecule has 0 unspecified atom stereocenters. The molecule has 1 N–H and O–H groups in total. The zero-order valence-corrected chi connectivity index (χ0v) is 15.4. The van der Waals surface area contributed by atoms with Crippen LogP contribution in [0.3, 0.4) is 0 Å². The van der Waals surface area contributed by atoms with E-state index in [1.807, 2.05) is 13.8 Å². The molecule has 1 aromatic carbocycles. The molecule has 0 bridgehead atoms. The number of amides is 1. The standard InChI is InChI=1S/C17H24N2O5S/c1-13-6-7-15(12-14(13)2)25(23,24)19-10-8-18(9-11-19)16(20)4-3-5-17(21)22/h6-7,12H,3-5,8-11H2,1-2H3,(H,21,22). The molecule has 2 rings (SSSR count). The number of benzene rings is 1. The number of sulfonamides is 1. The highest BCUT2D eigenvalue weighted by atomic mass is 32.2. The second-order valence-corrected chi connectivity index (χ2v) is 8.22. The summed E-state index contributed by atoms with van der Waals surface area (Å²) in [6.45, 7) is 4.97. The molecule has 1 saturated heterocycles. The lowest BCUT2D eigenvalue weighted by molar-refractivity contribution is -0.137. The Hall–Kier alpha value is -1.93. The van der Waals surface area contributed by atoms with Gasteiger partial charge in [0.05, 0.1) is 4.90 Å². The van der Waals surface area contributed by atoms with Crippen molar-refractivity contribution in [2.75, 3.05) is 26.2 Å². The number of piperazine rings is 1. The van der Waals surface area contributed by atoms with Gasteiger partial charge in [-0.2, -0.15) is 4.31 Å². The molecule has 0 saturated carbocycles. The molecular weight excluding hydrogens is 344 g/mol. The van der Waals surface area contributed by atoms with Crippen molar-refractivity contribution in [1.82, 2.24) is 9.21 Å². The number of carbonyl (C=O) groups excluding carboxylic acids is 1. The van der Waals surface area contributed by atoms with E-state index < -0.39 is 16.0 Å². The van der Waals surface area contributed by atoms with Crippen LogP contribution in [0.5, 0.6) is 0 Å². The molecule has 0 aromatic heterocycles. The molecular formula is C17H24N2O5S. The van der Waals surface area contributed by atoms with Gasteiger partial charge in [-0.25, -0.2) is 8.42 Å². The quantitative estimate of drug-likeness (QED) is 0.819. The Bertz CT molecular complexity index is 752. The smallest absolute Gasteiger partial charge is 0.303 e. The van der Waals surface area contributed by atoms with Crippen LogP contribution in [0.2, 0.25) is 0 Å². The molecule has 0 radical (unpaired) electrons. The molecule has 0 aliphatic carbocycles. The molecule has 1 aliphatic heterocycles. The van der Waals surface area contributed by atoms with E-state index in [0.29, 0.717) is 19.5 Å². The zero-order chi connectivity index (χ0) is 18.6. The van der Waals surface area contributed by atoms with Gasteiger partial charge in [0.15, 0.2) is 0 Å². The minimum absolute atomic E-state index is 0.0349. The number of hydrogen-bond donors (Lipinski definition) is 1. The number of rotatable bonds is 6. The lowest BCUT2D eigenvalue weighted by Crippen LogP contribution is -2.50. The molecule has 1 amide bonds. The Labute approximate surface area is 148 Å². The van der Waals surface area contributed by atoms with Crippen molar-refractivity contribution in [2.24, 2.45) is 0 Å². The number of hydrogen-bond acceptors (Lipinski definition) is 4. The zero-order valence-electron chi connectivity index (χ0n) is 14.6. The van der Waals surface area contributed by atoms with Crippen molar-refractivity contribution in [3.05, 3.63) is 29.3 Å². The van der Waals surface area contributed by atoms with E-state index in [4.69, 9.17) is 5.11 Å². The normalized spacial score (nSPS) is 16.0. The van der Waals surface area contributed by atoms with Gasteiger partial charge in [0, 0.05) is 39.0 Å². The van der Waals surface area contributed by atoms with Gasteiger partial charge >= 0.3 is 5.97 Å². The number of aliphatic carboxylic acids is 1. The first-order chi connectivity index (χ1) is 11.7. The van der Waals surface area contributed by atoms with Crippen molar-refractivity contribution >= 4 is 21.9 Å². The molecule has 8 heteroatoms.